The molecular formula is C21H30N4O3. The van der Waals surface area contributed by atoms with Crippen molar-refractivity contribution in [3.05, 3.63) is 42.4 Å². The Morgan fingerprint density at radius 1 is 1.29 bits per heavy atom. The van der Waals surface area contributed by atoms with Crippen LogP contribution >= 0.6 is 0 Å². The van der Waals surface area contributed by atoms with Crippen molar-refractivity contribution in [1.29, 1.82) is 0 Å². The monoisotopic (exact) mass is 386 g/mol. The lowest BCUT2D eigenvalue weighted by Gasteiger charge is -2.23. The fraction of sp³-hybridized carbons (Fsp3) is 0.476. The number of ether oxygens (including phenoxy) is 1. The number of amides is 2. The number of aromatic nitrogens is 2. The van der Waals surface area contributed by atoms with Crippen molar-refractivity contribution in [3.8, 4) is 11.3 Å². The number of hydrogen-bond acceptors (Lipinski definition) is 4. The quantitative estimate of drug-likeness (QED) is 0.794. The van der Waals surface area contributed by atoms with Crippen LogP contribution in [0, 0.1) is 5.41 Å². The molecule has 2 amide bonds. The molecule has 1 aromatic heterocycles. The van der Waals surface area contributed by atoms with E-state index < -0.39 is 6.09 Å². The molecule has 152 valence electrons. The second kappa shape index (κ2) is 9.39. The smallest absolute Gasteiger partial charge is 0.407 e. The summed E-state index contributed by atoms with van der Waals surface area (Å²) in [6.07, 6.45) is 2.10. The Bertz CT molecular complexity index is 786. The van der Waals surface area contributed by atoms with Gasteiger partial charge in [-0.05, 0) is 17.4 Å². The number of nitrogens with zero attached hydrogens (tertiary/aromatic N) is 2. The molecule has 1 saturated carbocycles. The van der Waals surface area contributed by atoms with Gasteiger partial charge in [-0.3, -0.25) is 4.79 Å². The molecule has 1 aliphatic rings. The van der Waals surface area contributed by atoms with Gasteiger partial charge >= 0.3 is 6.09 Å². The summed E-state index contributed by atoms with van der Waals surface area (Å²) in [4.78, 5) is 33.4. The summed E-state index contributed by atoms with van der Waals surface area (Å²) in [5.74, 6) is 0.571. The van der Waals surface area contributed by atoms with Crippen LogP contribution in [-0.2, 0) is 16.1 Å². The lowest BCUT2D eigenvalue weighted by atomic mass is 10.1. The Morgan fingerprint density at radius 3 is 2.50 bits per heavy atom. The molecule has 1 unspecified atom stereocenters. The lowest BCUT2D eigenvalue weighted by Crippen LogP contribution is -2.42. The summed E-state index contributed by atoms with van der Waals surface area (Å²) in [5, 5.41) is 2.46. The molecule has 1 aliphatic carbocycles. The minimum atomic E-state index is -0.613. The number of nitrogens with one attached hydrogen (secondary N) is 2. The lowest BCUT2D eigenvalue weighted by molar-refractivity contribution is -0.132. The molecule has 1 atom stereocenters. The van der Waals surface area contributed by atoms with E-state index in [1.54, 1.807) is 11.1 Å². The molecule has 3 rings (SSSR count). The van der Waals surface area contributed by atoms with E-state index in [2.05, 4.69) is 33.9 Å². The van der Waals surface area contributed by atoms with Crippen LogP contribution in [0.4, 0.5) is 4.79 Å². The number of alkyl carbamates (subject to hydrolysis) is 1. The highest BCUT2D eigenvalue weighted by Gasteiger charge is 2.51. The molecule has 0 radical (unpaired) electrons. The largest absolute Gasteiger partial charge is 0.453 e. The second-order valence-electron chi connectivity index (χ2n) is 7.18. The minimum Gasteiger partial charge on any atom is -0.453 e. The summed E-state index contributed by atoms with van der Waals surface area (Å²) in [7, 11) is 1.27. The Hall–Kier alpha value is -2.83. The van der Waals surface area contributed by atoms with E-state index in [0.717, 1.165) is 23.5 Å². The summed E-state index contributed by atoms with van der Waals surface area (Å²) in [6, 6.07) is 10.0. The molecular weight excluding hydrogens is 356 g/mol. The predicted molar refractivity (Wildman–Crippen MR) is 109 cm³/mol. The van der Waals surface area contributed by atoms with Crippen molar-refractivity contribution >= 4 is 12.0 Å². The third kappa shape index (κ3) is 5.34. The fourth-order valence-electron chi connectivity index (χ4n) is 3.03. The van der Waals surface area contributed by atoms with Crippen molar-refractivity contribution < 1.29 is 14.3 Å². The van der Waals surface area contributed by atoms with Gasteiger partial charge in [-0.2, -0.15) is 0 Å². The number of benzene rings is 1. The van der Waals surface area contributed by atoms with Crippen molar-refractivity contribution in [2.45, 2.75) is 46.7 Å². The van der Waals surface area contributed by atoms with E-state index in [0.29, 0.717) is 6.54 Å². The molecule has 28 heavy (non-hydrogen) atoms. The van der Waals surface area contributed by atoms with Gasteiger partial charge in [0, 0.05) is 6.04 Å². The predicted octanol–water partition coefficient (Wildman–Crippen LogP) is 3.59. The van der Waals surface area contributed by atoms with Crippen LogP contribution in [0.15, 0.2) is 36.5 Å². The Morgan fingerprint density at radius 2 is 1.93 bits per heavy atom. The van der Waals surface area contributed by atoms with Crippen molar-refractivity contribution in [2.24, 2.45) is 5.41 Å². The van der Waals surface area contributed by atoms with E-state index in [1.807, 2.05) is 44.2 Å². The van der Waals surface area contributed by atoms with Crippen LogP contribution in [0.3, 0.4) is 0 Å². The zero-order valence-corrected chi connectivity index (χ0v) is 17.3. The molecule has 1 aromatic carbocycles. The van der Waals surface area contributed by atoms with Gasteiger partial charge in [0.25, 0.3) is 0 Å². The van der Waals surface area contributed by atoms with Gasteiger partial charge in [-0.15, -0.1) is 0 Å². The van der Waals surface area contributed by atoms with Crippen molar-refractivity contribution in [2.75, 3.05) is 13.7 Å². The second-order valence-corrected chi connectivity index (χ2v) is 7.18. The molecule has 2 aromatic rings. The SMILES string of the molecule is CC.COC(=O)NCC(=O)N(Cc1ncc(-c2ccccc2)[nH]1)C1CC1(C)C. The summed E-state index contributed by atoms with van der Waals surface area (Å²) < 4.78 is 4.53. The first-order valence-electron chi connectivity index (χ1n) is 9.61. The summed E-state index contributed by atoms with van der Waals surface area (Å²) in [5.41, 5.74) is 2.04. The average molecular weight is 386 g/mol. The zero-order chi connectivity index (χ0) is 20.7. The molecule has 0 spiro atoms. The van der Waals surface area contributed by atoms with Crippen molar-refractivity contribution in [1.82, 2.24) is 20.2 Å². The molecule has 7 nitrogen and oxygen atoms in total. The normalized spacial score (nSPS) is 16.4. The van der Waals surface area contributed by atoms with Gasteiger partial charge in [0.1, 0.15) is 12.4 Å². The Kier molecular flexibility index (Phi) is 7.20. The van der Waals surface area contributed by atoms with Crippen molar-refractivity contribution in [3.63, 3.8) is 0 Å². The number of imidazole rings is 1. The highest BCUT2D eigenvalue weighted by Crippen LogP contribution is 2.48. The molecule has 0 bridgehead atoms. The first kappa shape index (κ1) is 21.5. The minimum absolute atomic E-state index is 0.0791. The molecule has 7 heteroatoms. The number of rotatable bonds is 6. The number of aromatic amines is 1. The molecule has 0 saturated heterocycles. The number of methoxy groups -OCH3 is 1. The molecule has 1 fully saturated rings. The maximum atomic E-state index is 12.6. The van der Waals surface area contributed by atoms with Gasteiger partial charge in [0.05, 0.1) is 25.5 Å². The van der Waals surface area contributed by atoms with Crippen LogP contribution in [0.1, 0.15) is 39.9 Å². The van der Waals surface area contributed by atoms with E-state index in [4.69, 9.17) is 0 Å². The van der Waals surface area contributed by atoms with Crippen LogP contribution < -0.4 is 5.32 Å². The third-order valence-electron chi connectivity index (χ3n) is 4.76. The van der Waals surface area contributed by atoms with Gasteiger partial charge in [0.2, 0.25) is 5.91 Å². The number of carbonyl (C=O) groups is 2. The number of hydrogen-bond donors (Lipinski definition) is 2. The number of H-pyrrole nitrogens is 1. The van der Waals surface area contributed by atoms with Gasteiger partial charge in [-0.25, -0.2) is 9.78 Å². The first-order chi connectivity index (χ1) is 13.4. The van der Waals surface area contributed by atoms with Crippen LogP contribution in [0.5, 0.6) is 0 Å². The standard InChI is InChI=1S/C19H24N4O3.C2H6/c1-19(2)9-15(19)23(17(24)11-21-18(25)26-3)12-16-20-10-14(22-16)13-7-5-4-6-8-13;1-2/h4-8,10,15H,9,11-12H2,1-3H3,(H,20,22)(H,21,25);1-2H3. The highest BCUT2D eigenvalue weighted by atomic mass is 16.5. The van der Waals surface area contributed by atoms with Crippen LogP contribution in [-0.4, -0.2) is 46.6 Å². The Balaban J connectivity index is 0.00000136. The zero-order valence-electron chi connectivity index (χ0n) is 17.3. The summed E-state index contributed by atoms with van der Waals surface area (Å²) >= 11 is 0. The van der Waals surface area contributed by atoms with Gasteiger partial charge in [-0.1, -0.05) is 58.0 Å². The third-order valence-corrected chi connectivity index (χ3v) is 4.76. The molecule has 1 heterocycles. The molecule has 0 aliphatic heterocycles. The topological polar surface area (TPSA) is 87.3 Å². The van der Waals surface area contributed by atoms with E-state index in [-0.39, 0.29) is 23.9 Å². The fourth-order valence-corrected chi connectivity index (χ4v) is 3.03. The van der Waals surface area contributed by atoms with Gasteiger partial charge in [0.15, 0.2) is 0 Å². The van der Waals surface area contributed by atoms with Gasteiger partial charge < -0.3 is 19.9 Å². The maximum Gasteiger partial charge on any atom is 0.407 e. The molecule has 2 N–H and O–H groups in total. The highest BCUT2D eigenvalue weighted by molar-refractivity contribution is 5.82. The maximum absolute atomic E-state index is 12.6. The summed E-state index contributed by atoms with van der Waals surface area (Å²) in [6.45, 7) is 8.54. The van der Waals surface area contributed by atoms with E-state index in [1.165, 1.54) is 7.11 Å². The van der Waals surface area contributed by atoms with E-state index >= 15 is 0 Å². The first-order valence-corrected chi connectivity index (χ1v) is 9.61. The average Bonchev–Trinajstić information content (AvgIpc) is 3.12. The van der Waals surface area contributed by atoms with E-state index in [9.17, 15) is 9.59 Å². The Labute approximate surface area is 166 Å². The van der Waals surface area contributed by atoms with Crippen LogP contribution in [0.25, 0.3) is 11.3 Å². The van der Waals surface area contributed by atoms with Crippen LogP contribution in [0.2, 0.25) is 0 Å². The number of carbonyl (C=O) groups excluding carboxylic acids is 2.